The number of nitrogens with zero attached hydrogens (tertiary/aromatic N) is 2. The molecule has 5 N–H and O–H groups in total. The summed E-state index contributed by atoms with van der Waals surface area (Å²) in [6.45, 7) is 2.40. The highest BCUT2D eigenvalue weighted by Crippen LogP contribution is 2.19. The second kappa shape index (κ2) is 7.37. The summed E-state index contributed by atoms with van der Waals surface area (Å²) in [5.74, 6) is 0.204. The van der Waals surface area contributed by atoms with E-state index in [1.807, 2.05) is 0 Å². The van der Waals surface area contributed by atoms with E-state index in [9.17, 15) is 9.59 Å². The number of hydrogen-bond donors (Lipinski definition) is 3. The minimum Gasteiger partial charge on any atom is -0.352 e. The standard InChI is InChI=1S/C13H21N5O2S/c14-4-3-11-17-10(8-21-11)12(19)18-5-1-2-9(7-18)6-16-13(15)20/h8-9H,1-7,14H2,(H3,15,16,20). The summed E-state index contributed by atoms with van der Waals surface area (Å²) >= 11 is 1.47. The van der Waals surface area contributed by atoms with Gasteiger partial charge in [0.2, 0.25) is 0 Å². The molecule has 8 heteroatoms. The number of carbonyl (C=O) groups excluding carboxylic acids is 2. The van der Waals surface area contributed by atoms with Crippen molar-refractivity contribution < 1.29 is 9.59 Å². The molecule has 0 aromatic carbocycles. The molecule has 3 amide bonds. The first-order valence-corrected chi connectivity index (χ1v) is 7.95. The summed E-state index contributed by atoms with van der Waals surface area (Å²) < 4.78 is 0. The van der Waals surface area contributed by atoms with Crippen molar-refractivity contribution in [3.63, 3.8) is 0 Å². The average Bonchev–Trinajstić information content (AvgIpc) is 2.94. The number of primary amides is 1. The third kappa shape index (κ3) is 4.40. The first-order valence-electron chi connectivity index (χ1n) is 7.07. The van der Waals surface area contributed by atoms with Crippen LogP contribution in [0, 0.1) is 5.92 Å². The Kier molecular flexibility index (Phi) is 5.51. The molecule has 1 aromatic rings. The number of nitrogens with one attached hydrogen (secondary N) is 1. The van der Waals surface area contributed by atoms with Gasteiger partial charge >= 0.3 is 6.03 Å². The van der Waals surface area contributed by atoms with Gasteiger partial charge in [-0.15, -0.1) is 11.3 Å². The zero-order valence-electron chi connectivity index (χ0n) is 11.9. The lowest BCUT2D eigenvalue weighted by molar-refractivity contribution is 0.0669. The van der Waals surface area contributed by atoms with Gasteiger partial charge < -0.3 is 21.7 Å². The van der Waals surface area contributed by atoms with E-state index in [1.54, 1.807) is 10.3 Å². The normalized spacial score (nSPS) is 18.5. The van der Waals surface area contributed by atoms with Gasteiger partial charge in [-0.2, -0.15) is 0 Å². The van der Waals surface area contributed by atoms with Crippen LogP contribution in [0.3, 0.4) is 0 Å². The molecule has 1 aromatic heterocycles. The Labute approximate surface area is 127 Å². The van der Waals surface area contributed by atoms with Crippen LogP contribution in [0.25, 0.3) is 0 Å². The van der Waals surface area contributed by atoms with E-state index >= 15 is 0 Å². The summed E-state index contributed by atoms with van der Waals surface area (Å²) in [6, 6.07) is -0.524. The van der Waals surface area contributed by atoms with Crippen LogP contribution in [0.5, 0.6) is 0 Å². The predicted octanol–water partition coefficient (Wildman–Crippen LogP) is 0.165. The van der Waals surface area contributed by atoms with E-state index in [0.29, 0.717) is 31.7 Å². The van der Waals surface area contributed by atoms with Gasteiger partial charge in [0.05, 0.1) is 5.01 Å². The molecule has 7 nitrogen and oxygen atoms in total. The second-order valence-corrected chi connectivity index (χ2v) is 6.11. The van der Waals surface area contributed by atoms with Gasteiger partial charge in [0.1, 0.15) is 5.69 Å². The molecule has 0 radical (unpaired) electrons. The quantitative estimate of drug-likeness (QED) is 0.718. The molecule has 1 aliphatic heterocycles. The van der Waals surface area contributed by atoms with E-state index in [0.717, 1.165) is 24.4 Å². The van der Waals surface area contributed by atoms with Crippen molar-refractivity contribution in [1.82, 2.24) is 15.2 Å². The monoisotopic (exact) mass is 311 g/mol. The minimum atomic E-state index is -0.524. The van der Waals surface area contributed by atoms with Gasteiger partial charge in [0.25, 0.3) is 5.91 Å². The highest BCUT2D eigenvalue weighted by molar-refractivity contribution is 7.09. The lowest BCUT2D eigenvalue weighted by atomic mass is 9.98. The van der Waals surface area contributed by atoms with Crippen LogP contribution in [0.2, 0.25) is 0 Å². The third-order valence-corrected chi connectivity index (χ3v) is 4.41. The zero-order chi connectivity index (χ0) is 15.2. The summed E-state index contributed by atoms with van der Waals surface area (Å²) in [4.78, 5) is 29.3. The van der Waals surface area contributed by atoms with Gasteiger partial charge in [-0.25, -0.2) is 9.78 Å². The molecular weight excluding hydrogens is 290 g/mol. The van der Waals surface area contributed by atoms with Crippen molar-refractivity contribution in [1.29, 1.82) is 0 Å². The average molecular weight is 311 g/mol. The molecule has 0 aliphatic carbocycles. The fourth-order valence-corrected chi connectivity index (χ4v) is 3.26. The molecule has 2 heterocycles. The van der Waals surface area contributed by atoms with Crippen LogP contribution < -0.4 is 16.8 Å². The molecule has 0 spiro atoms. The highest BCUT2D eigenvalue weighted by atomic mass is 32.1. The molecule has 1 aliphatic rings. The second-order valence-electron chi connectivity index (χ2n) is 5.17. The number of carbonyl (C=O) groups is 2. The molecule has 1 fully saturated rings. The summed E-state index contributed by atoms with van der Waals surface area (Å²) in [5.41, 5.74) is 11.1. The first-order chi connectivity index (χ1) is 10.1. The zero-order valence-corrected chi connectivity index (χ0v) is 12.7. The molecule has 0 saturated carbocycles. The maximum Gasteiger partial charge on any atom is 0.312 e. The van der Waals surface area contributed by atoms with Crippen LogP contribution in [-0.2, 0) is 6.42 Å². The van der Waals surface area contributed by atoms with E-state index in [-0.39, 0.29) is 11.8 Å². The van der Waals surface area contributed by atoms with Crippen LogP contribution in [0.4, 0.5) is 4.79 Å². The van der Waals surface area contributed by atoms with Gasteiger partial charge in [0, 0.05) is 31.4 Å². The largest absolute Gasteiger partial charge is 0.352 e. The van der Waals surface area contributed by atoms with Crippen molar-refractivity contribution in [2.45, 2.75) is 19.3 Å². The number of amides is 3. The molecular formula is C13H21N5O2S. The molecule has 1 unspecified atom stereocenters. The Morgan fingerprint density at radius 2 is 2.33 bits per heavy atom. The molecule has 0 bridgehead atoms. The fourth-order valence-electron chi connectivity index (χ4n) is 2.47. The number of piperidine rings is 1. The molecule has 21 heavy (non-hydrogen) atoms. The Morgan fingerprint density at radius 3 is 3.05 bits per heavy atom. The Morgan fingerprint density at radius 1 is 1.52 bits per heavy atom. The SMILES string of the molecule is NCCc1nc(C(=O)N2CCCC(CNC(N)=O)C2)cs1. The Balaban J connectivity index is 1.93. The van der Waals surface area contributed by atoms with Gasteiger partial charge in [-0.3, -0.25) is 4.79 Å². The van der Waals surface area contributed by atoms with Crippen LogP contribution in [0.1, 0.15) is 28.3 Å². The van der Waals surface area contributed by atoms with E-state index in [2.05, 4.69) is 10.3 Å². The highest BCUT2D eigenvalue weighted by Gasteiger charge is 2.25. The van der Waals surface area contributed by atoms with Crippen molar-refractivity contribution in [2.24, 2.45) is 17.4 Å². The number of nitrogens with two attached hydrogens (primary N) is 2. The summed E-state index contributed by atoms with van der Waals surface area (Å²) in [5, 5.41) is 5.29. The summed E-state index contributed by atoms with van der Waals surface area (Å²) in [6.07, 6.45) is 2.61. The van der Waals surface area contributed by atoms with E-state index in [4.69, 9.17) is 11.5 Å². The topological polar surface area (TPSA) is 114 Å². The van der Waals surface area contributed by atoms with E-state index in [1.165, 1.54) is 11.3 Å². The van der Waals surface area contributed by atoms with Crippen LogP contribution >= 0.6 is 11.3 Å². The van der Waals surface area contributed by atoms with Gasteiger partial charge in [-0.05, 0) is 25.3 Å². The smallest absolute Gasteiger partial charge is 0.312 e. The lowest BCUT2D eigenvalue weighted by Crippen LogP contribution is -2.44. The predicted molar refractivity (Wildman–Crippen MR) is 81.1 cm³/mol. The molecule has 1 atom stereocenters. The summed E-state index contributed by atoms with van der Waals surface area (Å²) in [7, 11) is 0. The van der Waals surface area contributed by atoms with E-state index < -0.39 is 6.03 Å². The maximum atomic E-state index is 12.4. The van der Waals surface area contributed by atoms with Crippen molar-refractivity contribution >= 4 is 23.3 Å². The number of thiazole rings is 1. The molecule has 2 rings (SSSR count). The first kappa shape index (κ1) is 15.7. The Bertz CT molecular complexity index is 505. The van der Waals surface area contributed by atoms with Gasteiger partial charge in [-0.1, -0.05) is 0 Å². The number of hydrogen-bond acceptors (Lipinski definition) is 5. The van der Waals surface area contributed by atoms with Crippen molar-refractivity contribution in [3.05, 3.63) is 16.1 Å². The number of likely N-dealkylation sites (tertiary alicyclic amines) is 1. The lowest BCUT2D eigenvalue weighted by Gasteiger charge is -2.32. The Hall–Kier alpha value is -1.67. The number of urea groups is 1. The minimum absolute atomic E-state index is 0.0432. The van der Waals surface area contributed by atoms with Crippen LogP contribution in [0.15, 0.2) is 5.38 Å². The van der Waals surface area contributed by atoms with Crippen molar-refractivity contribution in [3.8, 4) is 0 Å². The molecule has 116 valence electrons. The maximum absolute atomic E-state index is 12.4. The fraction of sp³-hybridized carbons (Fsp3) is 0.615. The molecule has 1 saturated heterocycles. The number of aromatic nitrogens is 1. The van der Waals surface area contributed by atoms with Crippen molar-refractivity contribution in [2.75, 3.05) is 26.2 Å². The van der Waals surface area contributed by atoms with Crippen LogP contribution in [-0.4, -0.2) is 48.0 Å². The van der Waals surface area contributed by atoms with Gasteiger partial charge in [0.15, 0.2) is 0 Å². The number of rotatable bonds is 5. The third-order valence-electron chi connectivity index (χ3n) is 3.50.